The summed E-state index contributed by atoms with van der Waals surface area (Å²) in [5, 5.41) is 6.49. The molecule has 3 rings (SSSR count). The molecule has 0 saturated carbocycles. The summed E-state index contributed by atoms with van der Waals surface area (Å²) in [5.74, 6) is -0.214. The van der Waals surface area contributed by atoms with Crippen molar-refractivity contribution in [2.45, 2.75) is 6.92 Å². The first-order valence-electron chi connectivity index (χ1n) is 7.38. The Morgan fingerprint density at radius 1 is 1.17 bits per heavy atom. The third kappa shape index (κ3) is 3.91. The van der Waals surface area contributed by atoms with Gasteiger partial charge >= 0.3 is 0 Å². The molecule has 0 saturated heterocycles. The summed E-state index contributed by atoms with van der Waals surface area (Å²) in [6, 6.07) is 15.0. The van der Waals surface area contributed by atoms with Gasteiger partial charge in [0.15, 0.2) is 0 Å². The molecular weight excluding hydrogens is 340 g/mol. The maximum atomic E-state index is 12.2. The SMILES string of the molecule is Cc1nc(-c2ccccc2NC(=O)C=Cc2ccccc2Cl)cs1. The Labute approximate surface area is 149 Å². The molecule has 0 atom stereocenters. The number of hydrogen-bond acceptors (Lipinski definition) is 3. The summed E-state index contributed by atoms with van der Waals surface area (Å²) in [4.78, 5) is 16.7. The molecule has 0 aliphatic carbocycles. The van der Waals surface area contributed by atoms with Gasteiger partial charge in [-0.15, -0.1) is 11.3 Å². The van der Waals surface area contributed by atoms with Crippen LogP contribution in [0, 0.1) is 6.92 Å². The van der Waals surface area contributed by atoms with E-state index in [0.29, 0.717) is 5.02 Å². The van der Waals surface area contributed by atoms with Gasteiger partial charge in [0.05, 0.1) is 16.4 Å². The number of nitrogens with one attached hydrogen (secondary N) is 1. The maximum absolute atomic E-state index is 12.2. The van der Waals surface area contributed by atoms with Crippen LogP contribution in [0.1, 0.15) is 10.6 Å². The topological polar surface area (TPSA) is 42.0 Å². The molecule has 0 unspecified atom stereocenters. The monoisotopic (exact) mass is 354 g/mol. The van der Waals surface area contributed by atoms with Crippen LogP contribution < -0.4 is 5.32 Å². The lowest BCUT2D eigenvalue weighted by molar-refractivity contribution is -0.111. The van der Waals surface area contributed by atoms with Crippen LogP contribution in [0.5, 0.6) is 0 Å². The fraction of sp³-hybridized carbons (Fsp3) is 0.0526. The molecule has 24 heavy (non-hydrogen) atoms. The van der Waals surface area contributed by atoms with E-state index in [2.05, 4.69) is 10.3 Å². The van der Waals surface area contributed by atoms with Crippen LogP contribution in [0.3, 0.4) is 0 Å². The van der Waals surface area contributed by atoms with E-state index < -0.39 is 0 Å². The number of halogens is 1. The number of thiazole rings is 1. The van der Waals surface area contributed by atoms with Gasteiger partial charge in [0, 0.05) is 22.0 Å². The van der Waals surface area contributed by atoms with Crippen molar-refractivity contribution in [2.75, 3.05) is 5.32 Å². The molecule has 0 bridgehead atoms. The number of carbonyl (C=O) groups is 1. The molecule has 0 spiro atoms. The molecule has 120 valence electrons. The molecule has 1 N–H and O–H groups in total. The van der Waals surface area contributed by atoms with Crippen LogP contribution in [-0.2, 0) is 4.79 Å². The van der Waals surface area contributed by atoms with E-state index in [-0.39, 0.29) is 5.91 Å². The van der Waals surface area contributed by atoms with Gasteiger partial charge in [-0.25, -0.2) is 4.98 Å². The number of rotatable bonds is 4. The largest absolute Gasteiger partial charge is 0.322 e. The molecule has 1 amide bonds. The minimum Gasteiger partial charge on any atom is -0.322 e. The van der Waals surface area contributed by atoms with Gasteiger partial charge in [-0.2, -0.15) is 0 Å². The van der Waals surface area contributed by atoms with Crippen molar-refractivity contribution in [2.24, 2.45) is 0 Å². The minimum absolute atomic E-state index is 0.214. The van der Waals surface area contributed by atoms with Gasteiger partial charge in [-0.3, -0.25) is 4.79 Å². The summed E-state index contributed by atoms with van der Waals surface area (Å²) < 4.78 is 0. The molecule has 3 nitrogen and oxygen atoms in total. The van der Waals surface area contributed by atoms with Crippen LogP contribution >= 0.6 is 22.9 Å². The number of nitrogens with zero attached hydrogens (tertiary/aromatic N) is 1. The van der Waals surface area contributed by atoms with Gasteiger partial charge in [0.1, 0.15) is 0 Å². The Balaban J connectivity index is 1.79. The van der Waals surface area contributed by atoms with Crippen molar-refractivity contribution in [1.29, 1.82) is 0 Å². The number of benzene rings is 2. The van der Waals surface area contributed by atoms with Crippen molar-refractivity contribution >= 4 is 40.6 Å². The third-order valence-corrected chi connectivity index (χ3v) is 4.52. The fourth-order valence-electron chi connectivity index (χ4n) is 2.25. The van der Waals surface area contributed by atoms with Crippen molar-refractivity contribution < 1.29 is 4.79 Å². The second kappa shape index (κ2) is 7.43. The first kappa shape index (κ1) is 16.4. The predicted molar refractivity (Wildman–Crippen MR) is 101 cm³/mol. The van der Waals surface area contributed by atoms with Gasteiger partial charge in [0.2, 0.25) is 5.91 Å². The van der Waals surface area contributed by atoms with Gasteiger partial charge in [-0.1, -0.05) is 48.0 Å². The smallest absolute Gasteiger partial charge is 0.248 e. The molecule has 0 fully saturated rings. The molecule has 3 aromatic rings. The second-order valence-electron chi connectivity index (χ2n) is 5.14. The number of amides is 1. The van der Waals surface area contributed by atoms with Gasteiger partial charge in [-0.05, 0) is 30.7 Å². The van der Waals surface area contributed by atoms with E-state index in [9.17, 15) is 4.79 Å². The van der Waals surface area contributed by atoms with Crippen molar-refractivity contribution in [1.82, 2.24) is 4.98 Å². The van der Waals surface area contributed by atoms with Crippen LogP contribution in [0.15, 0.2) is 60.0 Å². The zero-order chi connectivity index (χ0) is 16.9. The Morgan fingerprint density at radius 3 is 2.67 bits per heavy atom. The van der Waals surface area contributed by atoms with Crippen LogP contribution in [0.4, 0.5) is 5.69 Å². The highest BCUT2D eigenvalue weighted by Gasteiger charge is 2.09. The Hall–Kier alpha value is -2.43. The van der Waals surface area contributed by atoms with Crippen molar-refractivity contribution in [3.05, 3.63) is 75.6 Å². The highest BCUT2D eigenvalue weighted by Crippen LogP contribution is 2.28. The molecule has 1 aromatic heterocycles. The van der Waals surface area contributed by atoms with Crippen LogP contribution in [0.2, 0.25) is 5.02 Å². The lowest BCUT2D eigenvalue weighted by Gasteiger charge is -2.07. The molecule has 0 aliphatic heterocycles. The predicted octanol–water partition coefficient (Wildman–Crippen LogP) is 5.42. The van der Waals surface area contributed by atoms with E-state index >= 15 is 0 Å². The molecule has 0 radical (unpaired) electrons. The normalized spacial score (nSPS) is 10.9. The van der Waals surface area contributed by atoms with E-state index in [1.807, 2.05) is 54.8 Å². The first-order chi connectivity index (χ1) is 11.6. The second-order valence-corrected chi connectivity index (χ2v) is 6.61. The van der Waals surface area contributed by atoms with Crippen LogP contribution in [-0.4, -0.2) is 10.9 Å². The van der Waals surface area contributed by atoms with Crippen molar-refractivity contribution in [3.8, 4) is 11.3 Å². The molecule has 5 heteroatoms. The van der Waals surface area contributed by atoms with E-state index in [0.717, 1.165) is 27.5 Å². The molecule has 0 aliphatic rings. The number of anilines is 1. The summed E-state index contributed by atoms with van der Waals surface area (Å²) >= 11 is 7.67. The molecule has 1 heterocycles. The summed E-state index contributed by atoms with van der Waals surface area (Å²) in [6.45, 7) is 1.96. The Bertz CT molecular complexity index is 902. The molecular formula is C19H15ClN2OS. The van der Waals surface area contributed by atoms with Crippen molar-refractivity contribution in [3.63, 3.8) is 0 Å². The highest BCUT2D eigenvalue weighted by molar-refractivity contribution is 7.09. The lowest BCUT2D eigenvalue weighted by atomic mass is 10.1. The fourth-order valence-corrected chi connectivity index (χ4v) is 3.06. The molecule has 2 aromatic carbocycles. The first-order valence-corrected chi connectivity index (χ1v) is 8.64. The Kier molecular flexibility index (Phi) is 5.08. The minimum atomic E-state index is -0.214. The van der Waals surface area contributed by atoms with E-state index in [1.54, 1.807) is 23.5 Å². The zero-order valence-corrected chi connectivity index (χ0v) is 14.6. The van der Waals surface area contributed by atoms with Gasteiger partial charge < -0.3 is 5.32 Å². The highest BCUT2D eigenvalue weighted by atomic mass is 35.5. The summed E-state index contributed by atoms with van der Waals surface area (Å²) in [7, 11) is 0. The average Bonchev–Trinajstić information content (AvgIpc) is 3.01. The zero-order valence-electron chi connectivity index (χ0n) is 13.0. The van der Waals surface area contributed by atoms with Gasteiger partial charge in [0.25, 0.3) is 0 Å². The number of para-hydroxylation sites is 1. The number of carbonyl (C=O) groups excluding carboxylic acids is 1. The average molecular weight is 355 g/mol. The van der Waals surface area contributed by atoms with E-state index in [4.69, 9.17) is 11.6 Å². The standard InChI is InChI=1S/C19H15ClN2OS/c1-13-21-18(12-24-13)15-7-3-5-9-17(15)22-19(23)11-10-14-6-2-4-8-16(14)20/h2-12H,1H3,(H,22,23). The summed E-state index contributed by atoms with van der Waals surface area (Å²) in [6.07, 6.45) is 3.18. The number of aryl methyl sites for hydroxylation is 1. The summed E-state index contributed by atoms with van der Waals surface area (Å²) in [5.41, 5.74) is 3.30. The number of aromatic nitrogens is 1. The quantitative estimate of drug-likeness (QED) is 0.635. The van der Waals surface area contributed by atoms with Crippen LogP contribution in [0.25, 0.3) is 17.3 Å². The Morgan fingerprint density at radius 2 is 1.92 bits per heavy atom. The van der Waals surface area contributed by atoms with E-state index in [1.165, 1.54) is 6.08 Å². The third-order valence-electron chi connectivity index (χ3n) is 3.40. The number of hydrogen-bond donors (Lipinski definition) is 1. The maximum Gasteiger partial charge on any atom is 0.248 e. The lowest BCUT2D eigenvalue weighted by Crippen LogP contribution is -2.08.